The highest BCUT2D eigenvalue weighted by atomic mass is 16.5. The molecule has 2 heterocycles. The number of para-hydroxylation sites is 2. The van der Waals surface area contributed by atoms with Crippen molar-refractivity contribution in [1.29, 1.82) is 0 Å². The van der Waals surface area contributed by atoms with Crippen LogP contribution < -0.4 is 14.5 Å². The van der Waals surface area contributed by atoms with Gasteiger partial charge in [-0.3, -0.25) is 14.6 Å². The number of hydrogen-bond donors (Lipinski definition) is 1. The summed E-state index contributed by atoms with van der Waals surface area (Å²) in [4.78, 5) is 33.9. The topological polar surface area (TPSA) is 72.6 Å². The molecule has 2 aromatic carbocycles. The average Bonchev–Trinajstić information content (AvgIpc) is 2.82. The third-order valence-corrected chi connectivity index (χ3v) is 5.81. The maximum atomic E-state index is 13.4. The zero-order chi connectivity index (χ0) is 21.6. The molecule has 4 rings (SSSR count). The van der Waals surface area contributed by atoms with E-state index in [0.717, 1.165) is 39.3 Å². The molecule has 31 heavy (non-hydrogen) atoms. The molecule has 0 aromatic heterocycles. The Kier molecular flexibility index (Phi) is 6.74. The molecular formula is C24H28N3O4+. The number of methoxy groups -OCH3 is 1. The van der Waals surface area contributed by atoms with E-state index in [-0.39, 0.29) is 11.8 Å². The number of rotatable bonds is 7. The monoisotopic (exact) mass is 422 g/mol. The number of aliphatic imine (C=N–C) groups is 1. The molecule has 7 heteroatoms. The summed E-state index contributed by atoms with van der Waals surface area (Å²) in [5.41, 5.74) is 1.66. The highest BCUT2D eigenvalue weighted by molar-refractivity contribution is 6.29. The Bertz CT molecular complexity index is 969. The molecule has 0 bridgehead atoms. The number of nitrogens with one attached hydrogen (secondary N) is 1. The van der Waals surface area contributed by atoms with Crippen LogP contribution in [0.5, 0.6) is 5.75 Å². The van der Waals surface area contributed by atoms with Crippen molar-refractivity contribution in [2.24, 2.45) is 4.99 Å². The van der Waals surface area contributed by atoms with E-state index in [4.69, 9.17) is 9.47 Å². The van der Waals surface area contributed by atoms with Crippen molar-refractivity contribution < 1.29 is 24.0 Å². The lowest BCUT2D eigenvalue weighted by molar-refractivity contribution is -0.908. The van der Waals surface area contributed by atoms with Gasteiger partial charge in [0.25, 0.3) is 5.91 Å². The number of anilines is 1. The highest BCUT2D eigenvalue weighted by Gasteiger charge is 2.39. The third-order valence-electron chi connectivity index (χ3n) is 5.81. The summed E-state index contributed by atoms with van der Waals surface area (Å²) in [6, 6.07) is 14.3. The first-order valence-corrected chi connectivity index (χ1v) is 10.7. The van der Waals surface area contributed by atoms with Crippen molar-refractivity contribution in [3.05, 3.63) is 59.7 Å². The lowest BCUT2D eigenvalue weighted by Gasteiger charge is -2.31. The van der Waals surface area contributed by atoms with Crippen LogP contribution >= 0.6 is 0 Å². The lowest BCUT2D eigenvalue weighted by atomic mass is 9.89. The van der Waals surface area contributed by atoms with Crippen LogP contribution in [0, 0.1) is 0 Å². The minimum atomic E-state index is -0.602. The molecular weight excluding hydrogens is 394 g/mol. The van der Waals surface area contributed by atoms with Crippen molar-refractivity contribution in [3.63, 3.8) is 0 Å². The van der Waals surface area contributed by atoms with Crippen LogP contribution in [0.2, 0.25) is 0 Å². The zero-order valence-corrected chi connectivity index (χ0v) is 17.8. The summed E-state index contributed by atoms with van der Waals surface area (Å²) in [5.74, 6) is -0.774. The van der Waals surface area contributed by atoms with E-state index in [9.17, 15) is 9.59 Å². The fourth-order valence-electron chi connectivity index (χ4n) is 4.15. The van der Waals surface area contributed by atoms with Gasteiger partial charge >= 0.3 is 0 Å². The van der Waals surface area contributed by atoms with Crippen LogP contribution in [0.25, 0.3) is 0 Å². The predicted molar refractivity (Wildman–Crippen MR) is 118 cm³/mol. The number of morpholine rings is 1. The Labute approximate surface area is 182 Å². The van der Waals surface area contributed by atoms with E-state index in [0.29, 0.717) is 29.1 Å². The molecule has 162 valence electrons. The number of ether oxygens (including phenoxy) is 2. The summed E-state index contributed by atoms with van der Waals surface area (Å²) in [6.45, 7) is 5.40. The third kappa shape index (κ3) is 4.52. The molecule has 7 nitrogen and oxygen atoms in total. The fourth-order valence-corrected chi connectivity index (χ4v) is 4.15. The molecule has 0 unspecified atom stereocenters. The fraction of sp³-hybridized carbons (Fsp3) is 0.375. The number of benzene rings is 2. The molecule has 1 saturated heterocycles. The standard InChI is InChI=1S/C24H27N3O4/c1-30-22-10-5-4-9-21(22)27-23(28)19-8-3-2-7-18(19)20(24(27)29)17-25-11-6-12-26-13-15-31-16-14-26/h2-5,7-10,17,20H,6,11-16H2,1H3/p+1/t20-/m0/s1. The molecule has 0 spiro atoms. The van der Waals surface area contributed by atoms with Gasteiger partial charge in [0.2, 0.25) is 5.91 Å². The number of fused-ring (bicyclic) bond motifs is 1. The van der Waals surface area contributed by atoms with Crippen LogP contribution in [-0.2, 0) is 9.53 Å². The molecule has 1 atom stereocenters. The van der Waals surface area contributed by atoms with Gasteiger partial charge in [-0.25, -0.2) is 4.90 Å². The molecule has 0 saturated carbocycles. The van der Waals surface area contributed by atoms with Crippen molar-refractivity contribution >= 4 is 23.7 Å². The van der Waals surface area contributed by atoms with E-state index < -0.39 is 5.92 Å². The molecule has 0 radical (unpaired) electrons. The smallest absolute Gasteiger partial charge is 0.265 e. The number of carbonyl (C=O) groups is 2. The zero-order valence-electron chi connectivity index (χ0n) is 17.8. The molecule has 0 aliphatic carbocycles. The van der Waals surface area contributed by atoms with Gasteiger partial charge in [-0.2, -0.15) is 0 Å². The van der Waals surface area contributed by atoms with Gasteiger partial charge in [0.05, 0.1) is 38.5 Å². The van der Waals surface area contributed by atoms with Crippen LogP contribution in [0.3, 0.4) is 0 Å². The normalized spacial score (nSPS) is 19.6. The van der Waals surface area contributed by atoms with E-state index in [1.165, 1.54) is 16.9 Å². The van der Waals surface area contributed by atoms with E-state index >= 15 is 0 Å². The maximum Gasteiger partial charge on any atom is 0.265 e. The molecule has 2 amide bonds. The minimum Gasteiger partial charge on any atom is -0.495 e. The van der Waals surface area contributed by atoms with Gasteiger partial charge in [-0.15, -0.1) is 0 Å². The highest BCUT2D eigenvalue weighted by Crippen LogP contribution is 2.36. The molecule has 1 N–H and O–H groups in total. The number of hydrogen-bond acceptors (Lipinski definition) is 5. The van der Waals surface area contributed by atoms with Gasteiger partial charge in [0.15, 0.2) is 0 Å². The Morgan fingerprint density at radius 3 is 2.68 bits per heavy atom. The van der Waals surface area contributed by atoms with Gasteiger partial charge in [-0.05, 0) is 23.8 Å². The number of nitrogens with zero attached hydrogens (tertiary/aromatic N) is 2. The Morgan fingerprint density at radius 2 is 1.87 bits per heavy atom. The quantitative estimate of drug-likeness (QED) is 0.415. The average molecular weight is 423 g/mol. The second-order valence-electron chi connectivity index (χ2n) is 7.74. The Balaban J connectivity index is 1.54. The summed E-state index contributed by atoms with van der Waals surface area (Å²) < 4.78 is 10.8. The predicted octanol–water partition coefficient (Wildman–Crippen LogP) is 1.34. The van der Waals surface area contributed by atoms with Crippen LogP contribution in [0.15, 0.2) is 53.5 Å². The van der Waals surface area contributed by atoms with Gasteiger partial charge in [0.1, 0.15) is 18.8 Å². The summed E-state index contributed by atoms with van der Waals surface area (Å²) in [7, 11) is 1.53. The van der Waals surface area contributed by atoms with E-state index in [2.05, 4.69) is 4.99 Å². The first kappa shape index (κ1) is 21.2. The Morgan fingerprint density at radius 1 is 1.13 bits per heavy atom. The van der Waals surface area contributed by atoms with Crippen LogP contribution in [-0.4, -0.2) is 64.5 Å². The number of imide groups is 1. The molecule has 1 fully saturated rings. The Hall–Kier alpha value is -3.03. The molecule has 2 aromatic rings. The molecule has 2 aliphatic heterocycles. The van der Waals surface area contributed by atoms with Crippen molar-refractivity contribution in [3.8, 4) is 5.75 Å². The van der Waals surface area contributed by atoms with Crippen molar-refractivity contribution in [2.75, 3.05) is 51.4 Å². The first-order valence-electron chi connectivity index (χ1n) is 10.7. The van der Waals surface area contributed by atoms with Gasteiger partial charge < -0.3 is 14.4 Å². The van der Waals surface area contributed by atoms with Gasteiger partial charge in [-0.1, -0.05) is 30.3 Å². The van der Waals surface area contributed by atoms with Gasteiger partial charge in [0, 0.05) is 24.7 Å². The maximum absolute atomic E-state index is 13.4. The largest absolute Gasteiger partial charge is 0.495 e. The first-order chi connectivity index (χ1) is 15.2. The SMILES string of the molecule is COc1ccccc1N1C(=O)c2ccccc2[C@H](C=NCCC[NH+]2CCOCC2)C1=O. The lowest BCUT2D eigenvalue weighted by Crippen LogP contribution is -3.14. The number of amides is 2. The second-order valence-corrected chi connectivity index (χ2v) is 7.74. The van der Waals surface area contributed by atoms with E-state index in [1.807, 2.05) is 24.3 Å². The summed E-state index contributed by atoms with van der Waals surface area (Å²) in [6.07, 6.45) is 2.65. The number of quaternary nitrogens is 1. The van der Waals surface area contributed by atoms with Crippen LogP contribution in [0.4, 0.5) is 5.69 Å². The van der Waals surface area contributed by atoms with Crippen molar-refractivity contribution in [1.82, 2.24) is 0 Å². The second kappa shape index (κ2) is 9.85. The summed E-state index contributed by atoms with van der Waals surface area (Å²) in [5, 5.41) is 0. The molecule has 2 aliphatic rings. The minimum absolute atomic E-state index is 0.309. The van der Waals surface area contributed by atoms with Crippen molar-refractivity contribution in [2.45, 2.75) is 12.3 Å². The van der Waals surface area contributed by atoms with Crippen LogP contribution in [0.1, 0.15) is 28.3 Å². The van der Waals surface area contributed by atoms with E-state index in [1.54, 1.807) is 30.5 Å². The summed E-state index contributed by atoms with van der Waals surface area (Å²) >= 11 is 0. The number of carbonyl (C=O) groups excluding carboxylic acids is 2.